The summed E-state index contributed by atoms with van der Waals surface area (Å²) in [4.78, 5) is 0. The highest BCUT2D eigenvalue weighted by atomic mass is 35.5. The van der Waals surface area contributed by atoms with Gasteiger partial charge in [-0.25, -0.2) is 4.68 Å². The lowest BCUT2D eigenvalue weighted by atomic mass is 10.1. The minimum atomic E-state index is -4.19. The highest BCUT2D eigenvalue weighted by Crippen LogP contribution is 2.30. The number of aryl methyl sites for hydroxylation is 1. The molecule has 2 rings (SSSR count). The van der Waals surface area contributed by atoms with Crippen LogP contribution < -0.4 is 5.73 Å². The van der Waals surface area contributed by atoms with E-state index in [2.05, 4.69) is 15.5 Å². The number of nitrogen functional groups attached to an aromatic ring is 1. The van der Waals surface area contributed by atoms with Crippen LogP contribution in [0.3, 0.4) is 0 Å². The molecule has 2 aromatic rings. The van der Waals surface area contributed by atoms with E-state index in [0.717, 1.165) is 0 Å². The van der Waals surface area contributed by atoms with E-state index >= 15 is 0 Å². The molecule has 0 aliphatic rings. The SMILES string of the molecule is Nc1c(Cl)cccc1-c1nnnn1CCCC(F)(F)F. The van der Waals surface area contributed by atoms with Crippen LogP contribution in [-0.2, 0) is 6.54 Å². The molecule has 2 N–H and O–H groups in total. The van der Waals surface area contributed by atoms with Crippen LogP contribution in [0.4, 0.5) is 18.9 Å². The third-order valence-electron chi connectivity index (χ3n) is 2.66. The van der Waals surface area contributed by atoms with Gasteiger partial charge in [-0.3, -0.25) is 0 Å². The maximum atomic E-state index is 12.1. The summed E-state index contributed by atoms with van der Waals surface area (Å²) in [6.07, 6.45) is -5.19. The van der Waals surface area contributed by atoms with E-state index < -0.39 is 12.6 Å². The molecule has 1 aromatic carbocycles. The van der Waals surface area contributed by atoms with Crippen LogP contribution in [0.5, 0.6) is 0 Å². The average Bonchev–Trinajstić information content (AvgIpc) is 2.79. The number of anilines is 1. The summed E-state index contributed by atoms with van der Waals surface area (Å²) in [5.41, 5.74) is 6.61. The Balaban J connectivity index is 2.18. The number of tetrazole rings is 1. The largest absolute Gasteiger partial charge is 0.397 e. The fourth-order valence-electron chi connectivity index (χ4n) is 1.71. The van der Waals surface area contributed by atoms with Crippen molar-refractivity contribution in [1.82, 2.24) is 20.2 Å². The zero-order valence-corrected chi connectivity index (χ0v) is 11.0. The summed E-state index contributed by atoms with van der Waals surface area (Å²) in [5.74, 6) is 0.298. The number of para-hydroxylation sites is 1. The first-order valence-corrected chi connectivity index (χ1v) is 6.13. The molecule has 0 amide bonds. The Hall–Kier alpha value is -1.83. The second-order valence-electron chi connectivity index (χ2n) is 4.15. The van der Waals surface area contributed by atoms with Gasteiger partial charge in [0.2, 0.25) is 0 Å². The van der Waals surface area contributed by atoms with Crippen molar-refractivity contribution in [3.8, 4) is 11.4 Å². The van der Waals surface area contributed by atoms with E-state index in [0.29, 0.717) is 22.1 Å². The molecule has 20 heavy (non-hydrogen) atoms. The Morgan fingerprint density at radius 2 is 2.05 bits per heavy atom. The second-order valence-corrected chi connectivity index (χ2v) is 4.55. The van der Waals surface area contributed by atoms with E-state index in [1.54, 1.807) is 18.2 Å². The summed E-state index contributed by atoms with van der Waals surface area (Å²) in [6.45, 7) is 0.0494. The van der Waals surface area contributed by atoms with Gasteiger partial charge < -0.3 is 5.73 Å². The second kappa shape index (κ2) is 5.66. The van der Waals surface area contributed by atoms with Crippen molar-refractivity contribution in [2.75, 3.05) is 5.73 Å². The van der Waals surface area contributed by atoms with Gasteiger partial charge in [0.25, 0.3) is 0 Å². The van der Waals surface area contributed by atoms with Gasteiger partial charge in [-0.1, -0.05) is 17.7 Å². The molecule has 1 aromatic heterocycles. The van der Waals surface area contributed by atoms with Crippen molar-refractivity contribution in [1.29, 1.82) is 0 Å². The monoisotopic (exact) mass is 305 g/mol. The molecule has 0 atom stereocenters. The zero-order chi connectivity index (χ0) is 14.8. The quantitative estimate of drug-likeness (QED) is 0.882. The molecule has 0 fully saturated rings. The van der Waals surface area contributed by atoms with E-state index in [4.69, 9.17) is 17.3 Å². The van der Waals surface area contributed by atoms with E-state index in [-0.39, 0.29) is 13.0 Å². The molecular formula is C11H11ClF3N5. The van der Waals surface area contributed by atoms with Gasteiger partial charge in [-0.15, -0.1) is 5.10 Å². The van der Waals surface area contributed by atoms with Gasteiger partial charge in [-0.05, 0) is 29.0 Å². The van der Waals surface area contributed by atoms with E-state index in [1.165, 1.54) is 4.68 Å². The average molecular weight is 306 g/mol. The van der Waals surface area contributed by atoms with Crippen molar-refractivity contribution in [3.63, 3.8) is 0 Å². The van der Waals surface area contributed by atoms with Gasteiger partial charge in [0.15, 0.2) is 5.82 Å². The number of hydrogen-bond donors (Lipinski definition) is 1. The van der Waals surface area contributed by atoms with Crippen LogP contribution in [0.2, 0.25) is 5.02 Å². The lowest BCUT2D eigenvalue weighted by molar-refractivity contribution is -0.136. The first kappa shape index (κ1) is 14.6. The topological polar surface area (TPSA) is 69.6 Å². The highest BCUT2D eigenvalue weighted by Gasteiger charge is 2.26. The molecule has 0 radical (unpaired) electrons. The fourth-order valence-corrected chi connectivity index (χ4v) is 1.88. The summed E-state index contributed by atoms with van der Waals surface area (Å²) in [7, 11) is 0. The highest BCUT2D eigenvalue weighted by molar-refractivity contribution is 6.33. The van der Waals surface area contributed by atoms with Gasteiger partial charge in [0.05, 0.1) is 10.7 Å². The fraction of sp³-hybridized carbons (Fsp3) is 0.364. The molecule has 1 heterocycles. The van der Waals surface area contributed by atoms with Crippen LogP contribution in [0, 0.1) is 0 Å². The predicted molar refractivity (Wildman–Crippen MR) is 68.0 cm³/mol. The number of alkyl halides is 3. The smallest absolute Gasteiger partial charge is 0.389 e. The van der Waals surface area contributed by atoms with E-state index in [9.17, 15) is 13.2 Å². The van der Waals surface area contributed by atoms with Crippen molar-refractivity contribution in [2.24, 2.45) is 0 Å². The molecule has 0 spiro atoms. The summed E-state index contributed by atoms with van der Waals surface area (Å²) >= 11 is 5.90. The number of aromatic nitrogens is 4. The molecule has 0 bridgehead atoms. The number of nitrogens with two attached hydrogens (primary N) is 1. The van der Waals surface area contributed by atoms with Crippen LogP contribution in [0.15, 0.2) is 18.2 Å². The van der Waals surface area contributed by atoms with Crippen LogP contribution in [0.1, 0.15) is 12.8 Å². The number of rotatable bonds is 4. The van der Waals surface area contributed by atoms with Gasteiger partial charge in [-0.2, -0.15) is 13.2 Å². The van der Waals surface area contributed by atoms with Gasteiger partial charge in [0, 0.05) is 18.5 Å². The van der Waals surface area contributed by atoms with Crippen molar-refractivity contribution >= 4 is 17.3 Å². The molecule has 0 saturated carbocycles. The molecule has 0 unspecified atom stereocenters. The number of hydrogen-bond acceptors (Lipinski definition) is 4. The van der Waals surface area contributed by atoms with Crippen LogP contribution in [0.25, 0.3) is 11.4 Å². The molecule has 0 aliphatic carbocycles. The molecule has 5 nitrogen and oxygen atoms in total. The van der Waals surface area contributed by atoms with Crippen molar-refractivity contribution < 1.29 is 13.2 Å². The first-order chi connectivity index (χ1) is 9.38. The Bertz CT molecular complexity index is 596. The normalized spacial score (nSPS) is 11.8. The Labute approximate surface area is 117 Å². The molecule has 9 heteroatoms. The Morgan fingerprint density at radius 1 is 1.30 bits per heavy atom. The standard InChI is InChI=1S/C11H11ClF3N5/c12-8-4-1-3-7(9(8)16)10-17-18-19-20(10)6-2-5-11(13,14)15/h1,3-4H,2,5-6,16H2. The molecule has 108 valence electrons. The number of halogens is 4. The molecule has 0 aliphatic heterocycles. The Kier molecular flexibility index (Phi) is 4.12. The maximum Gasteiger partial charge on any atom is 0.389 e. The lowest BCUT2D eigenvalue weighted by Gasteiger charge is -2.09. The Morgan fingerprint density at radius 3 is 2.75 bits per heavy atom. The minimum Gasteiger partial charge on any atom is -0.397 e. The van der Waals surface area contributed by atoms with Crippen LogP contribution >= 0.6 is 11.6 Å². The summed E-state index contributed by atoms with van der Waals surface area (Å²) in [6, 6.07) is 4.94. The zero-order valence-electron chi connectivity index (χ0n) is 10.2. The number of benzene rings is 1. The maximum absolute atomic E-state index is 12.1. The number of nitrogens with zero attached hydrogens (tertiary/aromatic N) is 4. The summed E-state index contributed by atoms with van der Waals surface area (Å²) in [5, 5.41) is 11.3. The predicted octanol–water partition coefficient (Wildman–Crippen LogP) is 2.92. The third kappa shape index (κ3) is 3.38. The third-order valence-corrected chi connectivity index (χ3v) is 2.99. The van der Waals surface area contributed by atoms with E-state index in [1.807, 2.05) is 0 Å². The van der Waals surface area contributed by atoms with Gasteiger partial charge in [0.1, 0.15) is 0 Å². The van der Waals surface area contributed by atoms with Crippen LogP contribution in [-0.4, -0.2) is 26.4 Å². The van der Waals surface area contributed by atoms with Crippen molar-refractivity contribution in [2.45, 2.75) is 25.6 Å². The van der Waals surface area contributed by atoms with Crippen molar-refractivity contribution in [3.05, 3.63) is 23.2 Å². The lowest BCUT2D eigenvalue weighted by Crippen LogP contribution is -2.11. The molecular weight excluding hydrogens is 295 g/mol. The first-order valence-electron chi connectivity index (χ1n) is 5.76. The van der Waals surface area contributed by atoms with Gasteiger partial charge >= 0.3 is 6.18 Å². The minimum absolute atomic E-state index is 0.0494. The summed E-state index contributed by atoms with van der Waals surface area (Å²) < 4.78 is 37.7. The molecule has 0 saturated heterocycles.